The maximum absolute atomic E-state index is 11.9. The van der Waals surface area contributed by atoms with Crippen molar-refractivity contribution in [3.8, 4) is 0 Å². The highest BCUT2D eigenvalue weighted by atomic mass is 32.3. The van der Waals surface area contributed by atoms with Crippen LogP contribution < -0.4 is 10.5 Å². The molecular weight excluding hydrogens is 388 g/mol. The summed E-state index contributed by atoms with van der Waals surface area (Å²) in [5, 5.41) is 9.34. The van der Waals surface area contributed by atoms with Crippen molar-refractivity contribution < 1.29 is 39.1 Å². The van der Waals surface area contributed by atoms with Gasteiger partial charge < -0.3 is 10.8 Å². The lowest BCUT2D eigenvalue weighted by Crippen LogP contribution is -2.35. The first-order valence-corrected chi connectivity index (χ1v) is 10.8. The van der Waals surface area contributed by atoms with Gasteiger partial charge >= 0.3 is 10.4 Å². The average molecular weight is 404 g/mol. The number of hydrogen-bond acceptors (Lipinski definition) is 9. The van der Waals surface area contributed by atoms with E-state index in [1.165, 1.54) is 24.3 Å². The van der Waals surface area contributed by atoms with Gasteiger partial charge in [0, 0.05) is 12.2 Å². The zero-order chi connectivity index (χ0) is 18.6. The number of benzene rings is 1. The number of sulfone groups is 1. The SMILES string of the molecule is Nc1ccc(S(=O)(=O)NCCS(=O)(=O)C(O)COS(=O)(=O)O)cc1. The monoisotopic (exact) mass is 404 g/mol. The lowest BCUT2D eigenvalue weighted by atomic mass is 10.3. The van der Waals surface area contributed by atoms with Gasteiger partial charge in [-0.2, -0.15) is 8.42 Å². The van der Waals surface area contributed by atoms with E-state index >= 15 is 0 Å². The highest BCUT2D eigenvalue weighted by Gasteiger charge is 2.26. The Morgan fingerprint density at radius 1 is 1.08 bits per heavy atom. The van der Waals surface area contributed by atoms with Gasteiger partial charge in [0.25, 0.3) is 0 Å². The lowest BCUT2D eigenvalue weighted by Gasteiger charge is -2.12. The van der Waals surface area contributed by atoms with E-state index < -0.39 is 54.6 Å². The molecule has 1 unspecified atom stereocenters. The molecular formula is C10H16N2O9S3. The Kier molecular flexibility index (Phi) is 6.68. The van der Waals surface area contributed by atoms with Crippen molar-refractivity contribution in [3.05, 3.63) is 24.3 Å². The lowest BCUT2D eigenvalue weighted by molar-refractivity contribution is 0.157. The molecule has 0 radical (unpaired) electrons. The molecule has 24 heavy (non-hydrogen) atoms. The van der Waals surface area contributed by atoms with Crippen LogP contribution in [0.5, 0.6) is 0 Å². The predicted molar refractivity (Wildman–Crippen MR) is 83.3 cm³/mol. The van der Waals surface area contributed by atoms with Crippen LogP contribution in [-0.4, -0.2) is 59.3 Å². The van der Waals surface area contributed by atoms with Crippen LogP contribution in [0.1, 0.15) is 0 Å². The third kappa shape index (κ3) is 6.68. The van der Waals surface area contributed by atoms with E-state index in [0.29, 0.717) is 5.69 Å². The maximum Gasteiger partial charge on any atom is 0.397 e. The number of hydrogen-bond donors (Lipinski definition) is 4. The second-order valence-corrected chi connectivity index (χ2v) is 9.64. The first-order chi connectivity index (χ1) is 10.8. The van der Waals surface area contributed by atoms with Crippen molar-refractivity contribution in [2.24, 2.45) is 0 Å². The minimum absolute atomic E-state index is 0.135. The molecule has 1 rings (SSSR count). The second kappa shape index (κ2) is 7.73. The van der Waals surface area contributed by atoms with Crippen molar-refractivity contribution in [2.75, 3.05) is 24.6 Å². The summed E-state index contributed by atoms with van der Waals surface area (Å²) >= 11 is 0. The number of nitrogens with two attached hydrogens (primary N) is 1. The molecule has 5 N–H and O–H groups in total. The van der Waals surface area contributed by atoms with Crippen LogP contribution in [0.4, 0.5) is 5.69 Å². The van der Waals surface area contributed by atoms with Crippen LogP contribution in [-0.2, 0) is 34.4 Å². The van der Waals surface area contributed by atoms with Crippen molar-refractivity contribution >= 4 is 35.9 Å². The maximum atomic E-state index is 11.9. The summed E-state index contributed by atoms with van der Waals surface area (Å²) in [4.78, 5) is -0.135. The first-order valence-electron chi connectivity index (χ1n) is 6.20. The summed E-state index contributed by atoms with van der Waals surface area (Å²) in [5.74, 6) is -0.822. The number of rotatable bonds is 9. The molecule has 0 amide bonds. The van der Waals surface area contributed by atoms with Crippen LogP contribution in [0.25, 0.3) is 0 Å². The van der Waals surface area contributed by atoms with E-state index in [0.717, 1.165) is 0 Å². The van der Waals surface area contributed by atoms with Gasteiger partial charge in [0.1, 0.15) is 6.61 Å². The van der Waals surface area contributed by atoms with E-state index in [1.807, 2.05) is 4.72 Å². The van der Waals surface area contributed by atoms with Gasteiger partial charge in [0.2, 0.25) is 10.0 Å². The number of anilines is 1. The van der Waals surface area contributed by atoms with Crippen LogP contribution in [0, 0.1) is 0 Å². The van der Waals surface area contributed by atoms with Crippen molar-refractivity contribution in [1.82, 2.24) is 4.72 Å². The van der Waals surface area contributed by atoms with E-state index in [2.05, 4.69) is 4.18 Å². The fourth-order valence-corrected chi connectivity index (χ4v) is 3.91. The fourth-order valence-electron chi connectivity index (χ4n) is 1.43. The standard InChI is InChI=1S/C10H16N2O9S3/c11-8-1-3-9(4-2-8)23(16,17)12-5-6-22(14,15)10(13)7-21-24(18,19)20/h1-4,10,12-13H,5-7,11H2,(H,18,19,20). The zero-order valence-electron chi connectivity index (χ0n) is 12.1. The Bertz CT molecular complexity index is 861. The van der Waals surface area contributed by atoms with Crippen LogP contribution >= 0.6 is 0 Å². The van der Waals surface area contributed by atoms with E-state index in [4.69, 9.17) is 10.3 Å². The van der Waals surface area contributed by atoms with Gasteiger partial charge in [-0.25, -0.2) is 25.7 Å². The molecule has 1 aromatic carbocycles. The summed E-state index contributed by atoms with van der Waals surface area (Å²) in [6.07, 6.45) is 0. The minimum atomic E-state index is -4.91. The Labute approximate surface area is 139 Å². The van der Waals surface area contributed by atoms with E-state index in [1.54, 1.807) is 0 Å². The summed E-state index contributed by atoms with van der Waals surface area (Å²) in [6.45, 7) is -1.79. The molecule has 0 spiro atoms. The van der Waals surface area contributed by atoms with E-state index in [9.17, 15) is 30.4 Å². The smallest absolute Gasteiger partial charge is 0.397 e. The molecule has 1 aromatic rings. The van der Waals surface area contributed by atoms with E-state index in [-0.39, 0.29) is 4.90 Å². The zero-order valence-corrected chi connectivity index (χ0v) is 14.5. The molecule has 0 saturated heterocycles. The number of sulfonamides is 1. The Balaban J connectivity index is 2.63. The molecule has 11 nitrogen and oxygen atoms in total. The number of nitrogen functional groups attached to an aromatic ring is 1. The normalized spacial score (nSPS) is 14.4. The molecule has 0 saturated carbocycles. The largest absolute Gasteiger partial charge is 0.399 e. The van der Waals surface area contributed by atoms with Gasteiger partial charge in [-0.05, 0) is 24.3 Å². The third-order valence-electron chi connectivity index (χ3n) is 2.64. The summed E-state index contributed by atoms with van der Waals surface area (Å²) in [6, 6.07) is 5.14. The van der Waals surface area contributed by atoms with Crippen molar-refractivity contribution in [1.29, 1.82) is 0 Å². The van der Waals surface area contributed by atoms with Gasteiger partial charge in [0.05, 0.1) is 10.6 Å². The van der Waals surface area contributed by atoms with Gasteiger partial charge in [-0.1, -0.05) is 0 Å². The third-order valence-corrected chi connectivity index (χ3v) is 6.29. The molecule has 0 aliphatic rings. The molecule has 0 aromatic heterocycles. The summed E-state index contributed by atoms with van der Waals surface area (Å²) in [7, 11) is -13.2. The fraction of sp³-hybridized carbons (Fsp3) is 0.400. The second-order valence-electron chi connectivity index (χ2n) is 4.50. The van der Waals surface area contributed by atoms with Crippen LogP contribution in [0.3, 0.4) is 0 Å². The Morgan fingerprint density at radius 3 is 2.12 bits per heavy atom. The number of nitrogens with one attached hydrogen (secondary N) is 1. The summed E-state index contributed by atoms with van der Waals surface area (Å²) < 4.78 is 81.8. The minimum Gasteiger partial charge on any atom is -0.399 e. The average Bonchev–Trinajstić information content (AvgIpc) is 2.43. The van der Waals surface area contributed by atoms with Crippen molar-refractivity contribution in [3.63, 3.8) is 0 Å². The molecule has 14 heteroatoms. The Hall–Kier alpha value is -1.29. The summed E-state index contributed by atoms with van der Waals surface area (Å²) in [5.41, 5.74) is 3.52. The van der Waals surface area contributed by atoms with Gasteiger partial charge in [-0.15, -0.1) is 0 Å². The highest BCUT2D eigenvalue weighted by Crippen LogP contribution is 2.11. The topological polar surface area (TPSA) is 190 Å². The molecule has 0 bridgehead atoms. The van der Waals surface area contributed by atoms with Crippen molar-refractivity contribution in [2.45, 2.75) is 10.3 Å². The Morgan fingerprint density at radius 2 is 1.62 bits per heavy atom. The highest BCUT2D eigenvalue weighted by molar-refractivity contribution is 7.92. The quantitative estimate of drug-likeness (QED) is 0.267. The number of aliphatic hydroxyl groups is 1. The van der Waals surface area contributed by atoms with Crippen LogP contribution in [0.15, 0.2) is 29.2 Å². The molecule has 138 valence electrons. The first kappa shape index (κ1) is 20.8. The van der Waals surface area contributed by atoms with Gasteiger partial charge in [0.15, 0.2) is 15.3 Å². The predicted octanol–water partition coefficient (Wildman–Crippen LogP) is -1.90. The molecule has 0 aliphatic carbocycles. The van der Waals surface area contributed by atoms with Gasteiger partial charge in [-0.3, -0.25) is 4.55 Å². The molecule has 0 aliphatic heterocycles. The number of aliphatic hydroxyl groups excluding tert-OH is 1. The van der Waals surface area contributed by atoms with Crippen LogP contribution in [0.2, 0.25) is 0 Å². The molecule has 0 fully saturated rings. The molecule has 0 heterocycles. The molecule has 1 atom stereocenters.